The quantitative estimate of drug-likeness (QED) is 0.449. The van der Waals surface area contributed by atoms with Crippen molar-refractivity contribution >= 4 is 56.7 Å². The van der Waals surface area contributed by atoms with Gasteiger partial charge in [-0.25, -0.2) is 4.79 Å². The Kier molecular flexibility index (Phi) is 5.94. The van der Waals surface area contributed by atoms with Crippen molar-refractivity contribution in [3.8, 4) is 0 Å². The third-order valence-corrected chi connectivity index (χ3v) is 5.10. The summed E-state index contributed by atoms with van der Waals surface area (Å²) in [4.78, 5) is 36.3. The number of primary amides is 1. The zero-order valence-electron chi connectivity index (χ0n) is 12.9. The summed E-state index contributed by atoms with van der Waals surface area (Å²) in [6, 6.07) is 0. The first kappa shape index (κ1) is 18.4. The molecule has 4 N–H and O–H groups in total. The van der Waals surface area contributed by atoms with Crippen LogP contribution in [-0.2, 0) is 4.74 Å². The van der Waals surface area contributed by atoms with Gasteiger partial charge in [-0.1, -0.05) is 6.92 Å². The fourth-order valence-corrected chi connectivity index (χ4v) is 3.49. The summed E-state index contributed by atoms with van der Waals surface area (Å²) in [5.41, 5.74) is 6.13. The van der Waals surface area contributed by atoms with E-state index in [0.29, 0.717) is 15.6 Å². The van der Waals surface area contributed by atoms with Gasteiger partial charge in [-0.2, -0.15) is 5.10 Å². The van der Waals surface area contributed by atoms with Crippen LogP contribution in [0.5, 0.6) is 0 Å². The molecule has 0 atom stereocenters. The first-order valence-electron chi connectivity index (χ1n) is 6.97. The number of aromatic amines is 1. The second kappa shape index (κ2) is 7.75. The molecule has 0 aliphatic heterocycles. The van der Waals surface area contributed by atoms with Gasteiger partial charge in [0, 0.05) is 0 Å². The first-order valence-corrected chi connectivity index (χ1v) is 8.86. The normalized spacial score (nSPS) is 10.5. The maximum atomic E-state index is 12.3. The molecule has 128 valence electrons. The van der Waals surface area contributed by atoms with Crippen molar-refractivity contribution in [1.29, 1.82) is 0 Å². The minimum Gasteiger partial charge on any atom is -0.462 e. The highest BCUT2D eigenvalue weighted by molar-refractivity contribution is 14.1. The fraction of sp³-hybridized carbons (Fsp3) is 0.286. The molecule has 0 saturated carbocycles. The van der Waals surface area contributed by atoms with E-state index in [-0.39, 0.29) is 27.7 Å². The van der Waals surface area contributed by atoms with Crippen LogP contribution in [-0.4, -0.2) is 34.6 Å². The number of nitrogens with one attached hydrogen (secondary N) is 2. The Morgan fingerprint density at radius 3 is 2.71 bits per heavy atom. The number of halogens is 1. The number of ether oxygens (including phenoxy) is 1. The molecule has 2 rings (SSSR count). The molecule has 10 heteroatoms. The van der Waals surface area contributed by atoms with Gasteiger partial charge < -0.3 is 15.8 Å². The molecule has 0 fully saturated rings. The summed E-state index contributed by atoms with van der Waals surface area (Å²) < 4.78 is 5.76. The molecule has 8 nitrogen and oxygen atoms in total. The smallest absolute Gasteiger partial charge is 0.341 e. The Labute approximate surface area is 155 Å². The predicted octanol–water partition coefficient (Wildman–Crippen LogP) is 2.30. The molecule has 0 saturated heterocycles. The van der Waals surface area contributed by atoms with Crippen molar-refractivity contribution in [1.82, 2.24) is 10.2 Å². The van der Waals surface area contributed by atoms with Crippen molar-refractivity contribution in [2.75, 3.05) is 11.9 Å². The summed E-state index contributed by atoms with van der Waals surface area (Å²) >= 11 is 2.90. The minimum absolute atomic E-state index is 0.144. The number of carbonyl (C=O) groups excluding carboxylic acids is 3. The van der Waals surface area contributed by atoms with E-state index in [0.717, 1.165) is 11.3 Å². The Bertz CT molecular complexity index is 799. The lowest BCUT2D eigenvalue weighted by Gasteiger charge is -2.07. The topological polar surface area (TPSA) is 127 Å². The molecular weight excluding hydrogens is 447 g/mol. The van der Waals surface area contributed by atoms with E-state index in [1.54, 1.807) is 6.92 Å². The van der Waals surface area contributed by atoms with E-state index >= 15 is 0 Å². The van der Waals surface area contributed by atoms with Crippen LogP contribution in [0.1, 0.15) is 49.4 Å². The van der Waals surface area contributed by atoms with Gasteiger partial charge >= 0.3 is 5.97 Å². The third-order valence-electron chi connectivity index (χ3n) is 3.06. The second-order valence-corrected chi connectivity index (χ2v) is 6.99. The van der Waals surface area contributed by atoms with Gasteiger partial charge in [0.25, 0.3) is 11.8 Å². The van der Waals surface area contributed by atoms with Crippen molar-refractivity contribution in [3.05, 3.63) is 31.5 Å². The molecule has 2 heterocycles. The number of hydrogen-bond acceptors (Lipinski definition) is 6. The predicted molar refractivity (Wildman–Crippen MR) is 97.4 cm³/mol. The number of amides is 2. The monoisotopic (exact) mass is 462 g/mol. The zero-order valence-corrected chi connectivity index (χ0v) is 15.9. The summed E-state index contributed by atoms with van der Waals surface area (Å²) in [5, 5.41) is 9.20. The summed E-state index contributed by atoms with van der Waals surface area (Å²) in [6.45, 7) is 3.70. The van der Waals surface area contributed by atoms with Crippen LogP contribution in [0.2, 0.25) is 0 Å². The van der Waals surface area contributed by atoms with Crippen molar-refractivity contribution < 1.29 is 19.1 Å². The maximum absolute atomic E-state index is 12.3. The lowest BCUT2D eigenvalue weighted by atomic mass is 10.1. The molecule has 0 aromatic carbocycles. The minimum atomic E-state index is -0.668. The van der Waals surface area contributed by atoms with Crippen molar-refractivity contribution in [2.24, 2.45) is 5.73 Å². The number of hydrogen-bond donors (Lipinski definition) is 3. The second-order valence-electron chi connectivity index (χ2n) is 4.81. The SMILES string of the molecule is CCCOC(=O)c1c(NC(=O)c2[nH]ncc2I)sc(C(N)=O)c1C. The van der Waals surface area contributed by atoms with Crippen molar-refractivity contribution in [3.63, 3.8) is 0 Å². The number of nitrogens with two attached hydrogens (primary N) is 1. The van der Waals surface area contributed by atoms with Crippen LogP contribution in [0.25, 0.3) is 0 Å². The Balaban J connectivity index is 2.39. The number of anilines is 1. The van der Waals surface area contributed by atoms with Gasteiger partial charge in [0.05, 0.1) is 26.8 Å². The molecule has 0 unspecified atom stereocenters. The Hall–Kier alpha value is -1.95. The zero-order chi connectivity index (χ0) is 17.9. The molecule has 2 aromatic heterocycles. The van der Waals surface area contributed by atoms with Gasteiger partial charge in [0.1, 0.15) is 10.7 Å². The van der Waals surface area contributed by atoms with Gasteiger partial charge in [0.2, 0.25) is 0 Å². The number of H-pyrrole nitrogens is 1. The highest BCUT2D eigenvalue weighted by atomic mass is 127. The highest BCUT2D eigenvalue weighted by Gasteiger charge is 2.26. The van der Waals surface area contributed by atoms with Gasteiger partial charge in [-0.3, -0.25) is 14.7 Å². The fourth-order valence-electron chi connectivity index (χ4n) is 1.95. The average molecular weight is 462 g/mol. The number of esters is 1. The van der Waals surface area contributed by atoms with Gasteiger partial charge in [-0.05, 0) is 41.5 Å². The highest BCUT2D eigenvalue weighted by Crippen LogP contribution is 2.34. The lowest BCUT2D eigenvalue weighted by molar-refractivity contribution is 0.0506. The molecule has 0 bridgehead atoms. The van der Waals surface area contributed by atoms with Crippen molar-refractivity contribution in [2.45, 2.75) is 20.3 Å². The standard InChI is InChI=1S/C14H15IN4O4S/c1-3-4-23-14(22)8-6(2)10(11(16)20)24-13(8)18-12(21)9-7(15)5-17-19-9/h5H,3-4H2,1-2H3,(H2,16,20)(H,17,19)(H,18,21). The number of nitrogens with zero attached hydrogens (tertiary/aromatic N) is 1. The molecule has 0 aliphatic rings. The molecule has 0 radical (unpaired) electrons. The van der Waals surface area contributed by atoms with E-state index in [1.807, 2.05) is 29.5 Å². The van der Waals surface area contributed by atoms with E-state index in [4.69, 9.17) is 10.5 Å². The number of thiophene rings is 1. The lowest BCUT2D eigenvalue weighted by Crippen LogP contribution is -2.16. The van der Waals surface area contributed by atoms with E-state index in [2.05, 4.69) is 15.5 Å². The van der Waals surface area contributed by atoms with Crippen LogP contribution in [0.3, 0.4) is 0 Å². The van der Waals surface area contributed by atoms with Gasteiger partial charge in [0.15, 0.2) is 0 Å². The third kappa shape index (κ3) is 3.75. The van der Waals surface area contributed by atoms with Crippen LogP contribution < -0.4 is 11.1 Å². The van der Waals surface area contributed by atoms with Gasteiger partial charge in [-0.15, -0.1) is 11.3 Å². The van der Waals surface area contributed by atoms with E-state index in [9.17, 15) is 14.4 Å². The molecule has 2 aromatic rings. The van der Waals surface area contributed by atoms with Crippen LogP contribution in [0.4, 0.5) is 5.00 Å². The maximum Gasteiger partial charge on any atom is 0.341 e. The molecule has 0 aliphatic carbocycles. The first-order chi connectivity index (χ1) is 11.4. The number of carbonyl (C=O) groups is 3. The molecule has 24 heavy (non-hydrogen) atoms. The van der Waals surface area contributed by atoms with Crippen LogP contribution in [0.15, 0.2) is 6.20 Å². The molecule has 0 spiro atoms. The Morgan fingerprint density at radius 2 is 2.17 bits per heavy atom. The van der Waals surface area contributed by atoms with E-state index in [1.165, 1.54) is 6.20 Å². The number of rotatable bonds is 6. The largest absolute Gasteiger partial charge is 0.462 e. The van der Waals surface area contributed by atoms with Crippen LogP contribution >= 0.6 is 33.9 Å². The number of aromatic nitrogens is 2. The Morgan fingerprint density at radius 1 is 1.46 bits per heavy atom. The summed E-state index contributed by atoms with van der Waals surface area (Å²) in [7, 11) is 0. The van der Waals surface area contributed by atoms with Crippen LogP contribution in [0, 0.1) is 10.5 Å². The molecule has 2 amide bonds. The molecular formula is C14H15IN4O4S. The summed E-state index contributed by atoms with van der Waals surface area (Å²) in [6.07, 6.45) is 2.16. The average Bonchev–Trinajstić information content (AvgIpc) is 3.08. The van der Waals surface area contributed by atoms with E-state index < -0.39 is 17.8 Å². The summed E-state index contributed by atoms with van der Waals surface area (Å²) in [5.74, 6) is -1.75.